The molecule has 0 saturated heterocycles. The first-order valence-corrected chi connectivity index (χ1v) is 12.7. The summed E-state index contributed by atoms with van der Waals surface area (Å²) in [5.74, 6) is -0.615. The van der Waals surface area contributed by atoms with Crippen LogP contribution in [0.4, 0.5) is 5.69 Å². The first-order chi connectivity index (χ1) is 17.7. The van der Waals surface area contributed by atoms with Gasteiger partial charge in [0.15, 0.2) is 5.03 Å². The van der Waals surface area contributed by atoms with Gasteiger partial charge in [-0.25, -0.2) is 18.2 Å². The molecule has 37 heavy (non-hydrogen) atoms. The molecule has 3 aromatic carbocycles. The van der Waals surface area contributed by atoms with Crippen LogP contribution in [0.2, 0.25) is 0 Å². The van der Waals surface area contributed by atoms with Crippen LogP contribution in [0.1, 0.15) is 31.8 Å². The number of aryl methyl sites for hydroxylation is 1. The van der Waals surface area contributed by atoms with Gasteiger partial charge in [0.05, 0.1) is 23.3 Å². The molecule has 0 aliphatic carbocycles. The first-order valence-electron chi connectivity index (χ1n) is 11.2. The number of aromatic nitrogens is 1. The van der Waals surface area contributed by atoms with Crippen LogP contribution in [0.25, 0.3) is 11.1 Å². The molecular formula is C28H24N2O6S. The van der Waals surface area contributed by atoms with E-state index in [1.54, 1.807) is 55.5 Å². The number of benzene rings is 3. The Morgan fingerprint density at radius 1 is 1.03 bits per heavy atom. The number of anilines is 1. The number of nitrogens with one attached hydrogen (secondary N) is 1. The van der Waals surface area contributed by atoms with Crippen molar-refractivity contribution in [2.24, 2.45) is 0 Å². The van der Waals surface area contributed by atoms with Gasteiger partial charge in [-0.2, -0.15) is 0 Å². The van der Waals surface area contributed by atoms with E-state index < -0.39 is 15.8 Å². The Balaban J connectivity index is 1.68. The molecule has 0 unspecified atom stereocenters. The number of hydrogen-bond donors (Lipinski definition) is 2. The Morgan fingerprint density at radius 3 is 2.46 bits per heavy atom. The molecule has 0 amide bonds. The van der Waals surface area contributed by atoms with E-state index in [0.29, 0.717) is 39.3 Å². The zero-order valence-corrected chi connectivity index (χ0v) is 21.0. The van der Waals surface area contributed by atoms with E-state index in [0.717, 1.165) is 6.29 Å². The number of pyridine rings is 1. The van der Waals surface area contributed by atoms with Crippen LogP contribution in [0, 0.1) is 6.92 Å². The highest BCUT2D eigenvalue weighted by Crippen LogP contribution is 2.31. The third kappa shape index (κ3) is 5.36. The molecule has 0 radical (unpaired) electrons. The van der Waals surface area contributed by atoms with Crippen molar-refractivity contribution in [3.63, 3.8) is 0 Å². The molecule has 0 fully saturated rings. The average Bonchev–Trinajstić information content (AvgIpc) is 2.92. The SMILES string of the molecule is COc1ccc(S(=O)(=O)c2ncccc2CNc2c(C)cc(-c3cccc(C=O)c3)cc2C(=O)O)cc1. The van der Waals surface area contributed by atoms with Crippen LogP contribution in [0.3, 0.4) is 0 Å². The van der Waals surface area contributed by atoms with Crippen molar-refractivity contribution in [1.82, 2.24) is 4.98 Å². The maximum Gasteiger partial charge on any atom is 0.337 e. The van der Waals surface area contributed by atoms with Crippen molar-refractivity contribution in [2.45, 2.75) is 23.4 Å². The standard InChI is InChI=1S/C28H24N2O6S/c1-18-13-22(20-6-3-5-19(14-20)17-31)15-25(28(32)33)26(18)30-16-21-7-4-12-29-27(21)37(34,35)24-10-8-23(36-2)9-11-24/h3-15,17,30H,16H2,1-2H3,(H,32,33). The second-order valence-corrected chi connectivity index (χ2v) is 10.1. The summed E-state index contributed by atoms with van der Waals surface area (Å²) < 4.78 is 31.7. The minimum Gasteiger partial charge on any atom is -0.497 e. The number of methoxy groups -OCH3 is 1. The Hall–Kier alpha value is -4.50. The largest absolute Gasteiger partial charge is 0.497 e. The fourth-order valence-corrected chi connectivity index (χ4v) is 5.40. The zero-order chi connectivity index (χ0) is 26.6. The van der Waals surface area contributed by atoms with E-state index in [2.05, 4.69) is 10.3 Å². The predicted octanol–water partition coefficient (Wildman–Crippen LogP) is 5.02. The normalized spacial score (nSPS) is 11.1. The van der Waals surface area contributed by atoms with Gasteiger partial charge in [-0.1, -0.05) is 24.3 Å². The number of carbonyl (C=O) groups excluding carboxylic acids is 1. The lowest BCUT2D eigenvalue weighted by atomic mass is 9.97. The molecule has 9 heteroatoms. The lowest BCUT2D eigenvalue weighted by Gasteiger charge is -2.16. The fraction of sp³-hybridized carbons (Fsp3) is 0.107. The summed E-state index contributed by atoms with van der Waals surface area (Å²) in [5.41, 5.74) is 3.26. The van der Waals surface area contributed by atoms with E-state index in [1.165, 1.54) is 31.5 Å². The first kappa shape index (κ1) is 25.6. The molecule has 4 aromatic rings. The average molecular weight is 517 g/mol. The number of aromatic carboxylic acids is 1. The van der Waals surface area contributed by atoms with Gasteiger partial charge in [0.25, 0.3) is 0 Å². The molecule has 8 nitrogen and oxygen atoms in total. The van der Waals surface area contributed by atoms with Gasteiger partial charge < -0.3 is 15.2 Å². The van der Waals surface area contributed by atoms with Gasteiger partial charge in [-0.15, -0.1) is 0 Å². The summed E-state index contributed by atoms with van der Waals surface area (Å²) in [6.07, 6.45) is 2.13. The molecule has 0 saturated carbocycles. The number of nitrogens with zero attached hydrogens (tertiary/aromatic N) is 1. The Kier molecular flexibility index (Phi) is 7.35. The molecule has 0 aliphatic heterocycles. The summed E-state index contributed by atoms with van der Waals surface area (Å²) in [6.45, 7) is 1.79. The van der Waals surface area contributed by atoms with E-state index in [4.69, 9.17) is 4.74 Å². The zero-order valence-electron chi connectivity index (χ0n) is 20.1. The monoisotopic (exact) mass is 516 g/mol. The van der Waals surface area contributed by atoms with E-state index in [9.17, 15) is 23.1 Å². The predicted molar refractivity (Wildman–Crippen MR) is 139 cm³/mol. The molecule has 1 aromatic heterocycles. The highest BCUT2D eigenvalue weighted by Gasteiger charge is 2.23. The number of carboxylic acid groups (broad SMARTS) is 1. The number of aldehydes is 1. The van der Waals surface area contributed by atoms with Gasteiger partial charge in [0.2, 0.25) is 9.84 Å². The van der Waals surface area contributed by atoms with Crippen LogP contribution in [0.5, 0.6) is 5.75 Å². The lowest BCUT2D eigenvalue weighted by molar-refractivity contribution is 0.0697. The van der Waals surface area contributed by atoms with Gasteiger partial charge in [-0.3, -0.25) is 4.79 Å². The maximum atomic E-state index is 13.3. The molecule has 0 bridgehead atoms. The van der Waals surface area contributed by atoms with Crippen molar-refractivity contribution < 1.29 is 27.9 Å². The Labute approximate surface area is 214 Å². The minimum absolute atomic E-state index is 0.0231. The number of carbonyl (C=O) groups is 2. The molecule has 0 atom stereocenters. The topological polar surface area (TPSA) is 123 Å². The van der Waals surface area contributed by atoms with Gasteiger partial charge in [0.1, 0.15) is 12.0 Å². The summed E-state index contributed by atoms with van der Waals surface area (Å²) in [5, 5.41) is 12.9. The second-order valence-electron chi connectivity index (χ2n) is 8.26. The molecule has 1 heterocycles. The van der Waals surface area contributed by atoms with E-state index in [-0.39, 0.29) is 22.0 Å². The molecule has 2 N–H and O–H groups in total. The summed E-state index contributed by atoms with van der Waals surface area (Å²) >= 11 is 0. The number of rotatable bonds is 9. The van der Waals surface area contributed by atoms with Gasteiger partial charge in [-0.05, 0) is 72.1 Å². The summed E-state index contributed by atoms with van der Waals surface area (Å²) in [6, 6.07) is 19.5. The van der Waals surface area contributed by atoms with Gasteiger partial charge in [0, 0.05) is 23.9 Å². The molecule has 0 aliphatic rings. The Morgan fingerprint density at radius 2 is 1.78 bits per heavy atom. The maximum absolute atomic E-state index is 13.3. The highest BCUT2D eigenvalue weighted by molar-refractivity contribution is 7.91. The fourth-order valence-electron chi connectivity index (χ4n) is 4.00. The third-order valence-electron chi connectivity index (χ3n) is 5.85. The number of ether oxygens (including phenoxy) is 1. The third-order valence-corrected chi connectivity index (χ3v) is 7.62. The van der Waals surface area contributed by atoms with E-state index in [1.807, 2.05) is 6.07 Å². The van der Waals surface area contributed by atoms with Crippen LogP contribution in [-0.2, 0) is 16.4 Å². The van der Waals surface area contributed by atoms with Crippen molar-refractivity contribution in [3.8, 4) is 16.9 Å². The van der Waals surface area contributed by atoms with Gasteiger partial charge >= 0.3 is 5.97 Å². The van der Waals surface area contributed by atoms with Crippen molar-refractivity contribution in [2.75, 3.05) is 12.4 Å². The highest BCUT2D eigenvalue weighted by atomic mass is 32.2. The summed E-state index contributed by atoms with van der Waals surface area (Å²) in [7, 11) is -2.44. The van der Waals surface area contributed by atoms with Crippen molar-refractivity contribution >= 4 is 27.8 Å². The molecular weight excluding hydrogens is 492 g/mol. The molecule has 0 spiro atoms. The second kappa shape index (κ2) is 10.6. The van der Waals surface area contributed by atoms with Crippen LogP contribution in [0.15, 0.2) is 88.9 Å². The van der Waals surface area contributed by atoms with Crippen LogP contribution in [-0.4, -0.2) is 37.9 Å². The number of hydrogen-bond acceptors (Lipinski definition) is 7. The van der Waals surface area contributed by atoms with Crippen LogP contribution >= 0.6 is 0 Å². The van der Waals surface area contributed by atoms with Crippen molar-refractivity contribution in [3.05, 3.63) is 101 Å². The quantitative estimate of drug-likeness (QED) is 0.297. The lowest BCUT2D eigenvalue weighted by Crippen LogP contribution is -2.13. The van der Waals surface area contributed by atoms with Crippen molar-refractivity contribution in [1.29, 1.82) is 0 Å². The minimum atomic E-state index is -3.94. The number of carboxylic acids is 1. The number of sulfone groups is 1. The van der Waals surface area contributed by atoms with Crippen LogP contribution < -0.4 is 10.1 Å². The molecule has 188 valence electrons. The summed E-state index contributed by atoms with van der Waals surface area (Å²) in [4.78, 5) is 27.5. The molecule has 4 rings (SSSR count). The smallest absolute Gasteiger partial charge is 0.337 e. The van der Waals surface area contributed by atoms with E-state index >= 15 is 0 Å². The Bertz CT molecular complexity index is 1580.